The number of hydrogen-bond donors (Lipinski definition) is 2. The van der Waals surface area contributed by atoms with Gasteiger partial charge in [-0.15, -0.1) is 0 Å². The molecule has 0 saturated heterocycles. The quantitative estimate of drug-likeness (QED) is 0.627. The Balaban J connectivity index is 2.15. The van der Waals surface area contributed by atoms with E-state index in [0.717, 1.165) is 27.7 Å². The summed E-state index contributed by atoms with van der Waals surface area (Å²) in [6.07, 6.45) is 0.864. The number of amides is 1. The fourth-order valence-electron chi connectivity index (χ4n) is 2.71. The average Bonchev–Trinajstić information content (AvgIpc) is 2.56. The first-order chi connectivity index (χ1) is 12.3. The van der Waals surface area contributed by atoms with Crippen LogP contribution in [0.4, 0.5) is 5.69 Å². The normalized spacial score (nSPS) is 10.3. The molecular formula is C20H23BrN2O2S. The number of benzene rings is 2. The first-order valence-electron chi connectivity index (χ1n) is 8.44. The lowest BCUT2D eigenvalue weighted by molar-refractivity contribution is 0.0973. The average molecular weight is 435 g/mol. The molecule has 26 heavy (non-hydrogen) atoms. The van der Waals surface area contributed by atoms with E-state index in [1.54, 1.807) is 12.1 Å². The molecule has 0 aliphatic rings. The molecule has 2 aromatic rings. The lowest BCUT2D eigenvalue weighted by atomic mass is 10.1. The van der Waals surface area contributed by atoms with Crippen LogP contribution in [0.1, 0.15) is 40.4 Å². The Morgan fingerprint density at radius 3 is 2.42 bits per heavy atom. The summed E-state index contributed by atoms with van der Waals surface area (Å²) in [5.41, 5.74) is 4.70. The minimum absolute atomic E-state index is 0.256. The van der Waals surface area contributed by atoms with Crippen molar-refractivity contribution in [3.8, 4) is 5.75 Å². The number of ether oxygens (including phenoxy) is 1. The maximum atomic E-state index is 12.7. The Bertz CT molecular complexity index is 814. The summed E-state index contributed by atoms with van der Waals surface area (Å²) in [5.74, 6) is 0.232. The van der Waals surface area contributed by atoms with Gasteiger partial charge in [-0.05, 0) is 68.7 Å². The molecule has 0 aliphatic carbocycles. The summed E-state index contributed by atoms with van der Waals surface area (Å²) in [5, 5.41) is 6.12. The van der Waals surface area contributed by atoms with Gasteiger partial charge >= 0.3 is 0 Å². The van der Waals surface area contributed by atoms with Gasteiger partial charge in [-0.3, -0.25) is 10.1 Å². The molecule has 0 aromatic heterocycles. The second kappa shape index (κ2) is 9.14. The number of anilines is 1. The van der Waals surface area contributed by atoms with Gasteiger partial charge in [-0.1, -0.05) is 40.5 Å². The van der Waals surface area contributed by atoms with Crippen molar-refractivity contribution in [2.24, 2.45) is 0 Å². The second-order valence-electron chi connectivity index (χ2n) is 6.17. The zero-order chi connectivity index (χ0) is 19.3. The molecule has 0 unspecified atom stereocenters. The van der Waals surface area contributed by atoms with Crippen molar-refractivity contribution < 1.29 is 9.53 Å². The van der Waals surface area contributed by atoms with Crippen molar-refractivity contribution in [2.45, 2.75) is 34.1 Å². The van der Waals surface area contributed by atoms with Crippen LogP contribution in [0.15, 0.2) is 34.8 Å². The Kier molecular flexibility index (Phi) is 7.17. The van der Waals surface area contributed by atoms with Crippen molar-refractivity contribution in [1.82, 2.24) is 5.32 Å². The zero-order valence-corrected chi connectivity index (χ0v) is 17.8. The van der Waals surface area contributed by atoms with E-state index in [2.05, 4.69) is 45.6 Å². The van der Waals surface area contributed by atoms with Crippen LogP contribution >= 0.6 is 28.1 Å². The molecule has 0 bridgehead atoms. The maximum absolute atomic E-state index is 12.7. The molecular weight excluding hydrogens is 412 g/mol. The molecule has 0 heterocycles. The summed E-state index contributed by atoms with van der Waals surface area (Å²) in [6, 6.07) is 9.50. The van der Waals surface area contributed by atoms with Gasteiger partial charge in [0.15, 0.2) is 5.11 Å². The molecule has 2 rings (SSSR count). The Morgan fingerprint density at radius 2 is 1.81 bits per heavy atom. The van der Waals surface area contributed by atoms with E-state index < -0.39 is 0 Å². The topological polar surface area (TPSA) is 50.4 Å². The highest BCUT2D eigenvalue weighted by Gasteiger charge is 2.15. The smallest absolute Gasteiger partial charge is 0.261 e. The number of thiocarbonyl (C=S) groups is 1. The molecule has 0 aliphatic heterocycles. The first-order valence-corrected chi connectivity index (χ1v) is 9.64. The van der Waals surface area contributed by atoms with Crippen LogP contribution in [-0.4, -0.2) is 17.6 Å². The second-order valence-corrected chi connectivity index (χ2v) is 7.49. The molecule has 0 radical (unpaired) electrons. The minimum Gasteiger partial charge on any atom is -0.493 e. The SMILES string of the molecule is CCCOc1ccc(Br)cc1C(=O)NC(=S)Nc1c(C)cc(C)cc1C. The van der Waals surface area contributed by atoms with Gasteiger partial charge < -0.3 is 10.1 Å². The van der Waals surface area contributed by atoms with Gasteiger partial charge in [0.25, 0.3) is 5.91 Å². The van der Waals surface area contributed by atoms with Gasteiger partial charge in [0.05, 0.1) is 12.2 Å². The largest absolute Gasteiger partial charge is 0.493 e. The van der Waals surface area contributed by atoms with Crippen LogP contribution < -0.4 is 15.4 Å². The predicted molar refractivity (Wildman–Crippen MR) is 114 cm³/mol. The molecule has 1 amide bonds. The predicted octanol–water partition coefficient (Wildman–Crippen LogP) is 5.29. The molecule has 138 valence electrons. The van der Waals surface area contributed by atoms with Crippen LogP contribution in [0.2, 0.25) is 0 Å². The monoisotopic (exact) mass is 434 g/mol. The third-order valence-electron chi connectivity index (χ3n) is 3.79. The fourth-order valence-corrected chi connectivity index (χ4v) is 3.27. The van der Waals surface area contributed by atoms with E-state index in [4.69, 9.17) is 17.0 Å². The van der Waals surface area contributed by atoms with Gasteiger partial charge in [-0.2, -0.15) is 0 Å². The Hall–Kier alpha value is -1.92. The lowest BCUT2D eigenvalue weighted by Gasteiger charge is -2.16. The highest BCUT2D eigenvalue weighted by atomic mass is 79.9. The Morgan fingerprint density at radius 1 is 1.15 bits per heavy atom. The first kappa shape index (κ1) is 20.4. The lowest BCUT2D eigenvalue weighted by Crippen LogP contribution is -2.34. The van der Waals surface area contributed by atoms with E-state index >= 15 is 0 Å². The van der Waals surface area contributed by atoms with Crippen molar-refractivity contribution in [2.75, 3.05) is 11.9 Å². The molecule has 0 spiro atoms. The summed E-state index contributed by atoms with van der Waals surface area (Å²) < 4.78 is 6.47. The van der Waals surface area contributed by atoms with E-state index in [-0.39, 0.29) is 11.0 Å². The van der Waals surface area contributed by atoms with E-state index in [9.17, 15) is 4.79 Å². The molecule has 2 N–H and O–H groups in total. The summed E-state index contributed by atoms with van der Waals surface area (Å²) in [6.45, 7) is 8.64. The van der Waals surface area contributed by atoms with Gasteiger partial charge in [0.1, 0.15) is 5.75 Å². The molecule has 0 atom stereocenters. The molecule has 2 aromatic carbocycles. The maximum Gasteiger partial charge on any atom is 0.261 e. The van der Waals surface area contributed by atoms with E-state index in [1.165, 1.54) is 5.56 Å². The third-order valence-corrected chi connectivity index (χ3v) is 4.49. The zero-order valence-electron chi connectivity index (χ0n) is 15.4. The van der Waals surface area contributed by atoms with Crippen molar-refractivity contribution in [3.63, 3.8) is 0 Å². The molecule has 0 saturated carbocycles. The number of rotatable bonds is 5. The Labute approximate surface area is 168 Å². The summed E-state index contributed by atoms with van der Waals surface area (Å²) in [4.78, 5) is 12.7. The number of halogens is 1. The highest BCUT2D eigenvalue weighted by molar-refractivity contribution is 9.10. The highest BCUT2D eigenvalue weighted by Crippen LogP contribution is 2.24. The standard InChI is InChI=1S/C20H23BrN2O2S/c1-5-8-25-17-7-6-15(21)11-16(17)19(24)23-20(26)22-18-13(3)9-12(2)10-14(18)4/h6-7,9-11H,5,8H2,1-4H3,(H2,22,23,24,26). The number of hydrogen-bond acceptors (Lipinski definition) is 3. The van der Waals surface area contributed by atoms with Gasteiger partial charge in [0, 0.05) is 10.2 Å². The van der Waals surface area contributed by atoms with Crippen LogP contribution in [0.5, 0.6) is 5.75 Å². The molecule has 0 fully saturated rings. The molecule has 6 heteroatoms. The van der Waals surface area contributed by atoms with Gasteiger partial charge in [-0.25, -0.2) is 0 Å². The summed E-state index contributed by atoms with van der Waals surface area (Å²) >= 11 is 8.73. The van der Waals surface area contributed by atoms with Crippen molar-refractivity contribution in [1.29, 1.82) is 0 Å². The number of carbonyl (C=O) groups is 1. The van der Waals surface area contributed by atoms with Crippen molar-refractivity contribution >= 4 is 44.9 Å². The van der Waals surface area contributed by atoms with Crippen LogP contribution in [-0.2, 0) is 0 Å². The van der Waals surface area contributed by atoms with Crippen LogP contribution in [0, 0.1) is 20.8 Å². The van der Waals surface area contributed by atoms with Crippen LogP contribution in [0.3, 0.4) is 0 Å². The van der Waals surface area contributed by atoms with Gasteiger partial charge in [0.2, 0.25) is 0 Å². The molecule has 4 nitrogen and oxygen atoms in total. The number of carbonyl (C=O) groups excluding carboxylic acids is 1. The third kappa shape index (κ3) is 5.29. The summed E-state index contributed by atoms with van der Waals surface area (Å²) in [7, 11) is 0. The minimum atomic E-state index is -0.308. The van der Waals surface area contributed by atoms with Crippen molar-refractivity contribution in [3.05, 3.63) is 57.1 Å². The fraction of sp³-hybridized carbons (Fsp3) is 0.300. The van der Waals surface area contributed by atoms with Crippen LogP contribution in [0.25, 0.3) is 0 Å². The number of aryl methyl sites for hydroxylation is 3. The van der Waals surface area contributed by atoms with E-state index in [1.807, 2.05) is 26.8 Å². The number of nitrogens with one attached hydrogen (secondary N) is 2. The van der Waals surface area contributed by atoms with E-state index in [0.29, 0.717) is 17.9 Å².